The van der Waals surface area contributed by atoms with Crippen LogP contribution in [0.15, 0.2) is 0 Å². The minimum Gasteiger partial charge on any atom is -0.306 e. The molecule has 1 rings (SSSR count). The van der Waals surface area contributed by atoms with E-state index < -0.39 is 75.6 Å². The Kier molecular flexibility index (Phi) is 7.40. The topological polar surface area (TPSA) is 27.3 Å². The molecule has 3 nitrogen and oxygen atoms in total. The van der Waals surface area contributed by atoms with Gasteiger partial charge >= 0.3 is 18.5 Å². The van der Waals surface area contributed by atoms with Crippen LogP contribution in [0.2, 0.25) is 0 Å². The van der Waals surface area contributed by atoms with E-state index in [4.69, 9.17) is 0 Å². The first-order chi connectivity index (χ1) is 11.2. The SMILES string of the molecule is CN1CCC(C(F)(F)F)NCCC(C(F)(F)F)NCCC1C(F)(F)F. The first-order valence-electron chi connectivity index (χ1n) is 7.60. The van der Waals surface area contributed by atoms with Crippen molar-refractivity contribution in [3.63, 3.8) is 0 Å². The molecule has 0 aromatic carbocycles. The zero-order valence-electron chi connectivity index (χ0n) is 13.3. The van der Waals surface area contributed by atoms with Crippen molar-refractivity contribution >= 4 is 0 Å². The van der Waals surface area contributed by atoms with Gasteiger partial charge in [0, 0.05) is 6.54 Å². The zero-order valence-corrected chi connectivity index (χ0v) is 13.3. The second-order valence-electron chi connectivity index (χ2n) is 6.00. The monoisotopic (exact) mass is 389 g/mol. The van der Waals surface area contributed by atoms with Gasteiger partial charge in [0.25, 0.3) is 0 Å². The van der Waals surface area contributed by atoms with E-state index in [0.29, 0.717) is 4.90 Å². The van der Waals surface area contributed by atoms with E-state index in [1.165, 1.54) is 0 Å². The van der Waals surface area contributed by atoms with Crippen LogP contribution >= 0.6 is 0 Å². The Morgan fingerprint density at radius 3 is 1.56 bits per heavy atom. The lowest BCUT2D eigenvalue weighted by Crippen LogP contribution is -2.52. The summed E-state index contributed by atoms with van der Waals surface area (Å²) in [6.45, 7) is -1.61. The molecule has 0 aromatic rings. The predicted octanol–water partition coefficient (Wildman–Crippen LogP) is 3.07. The first kappa shape index (κ1) is 22.3. The maximum atomic E-state index is 13.1. The minimum atomic E-state index is -4.76. The van der Waals surface area contributed by atoms with Gasteiger partial charge in [0.1, 0.15) is 18.1 Å². The van der Waals surface area contributed by atoms with E-state index in [-0.39, 0.29) is 0 Å². The van der Waals surface area contributed by atoms with Crippen molar-refractivity contribution in [3.8, 4) is 0 Å². The Bertz CT molecular complexity index is 405. The zero-order chi connectivity index (χ0) is 19.5. The largest absolute Gasteiger partial charge is 0.404 e. The molecule has 1 aliphatic heterocycles. The fraction of sp³-hybridized carbons (Fsp3) is 1.00. The molecule has 25 heavy (non-hydrogen) atoms. The summed E-state index contributed by atoms with van der Waals surface area (Å²) < 4.78 is 117. The normalized spacial score (nSPS) is 29.8. The molecule has 1 aliphatic rings. The summed E-state index contributed by atoms with van der Waals surface area (Å²) >= 11 is 0. The molecule has 150 valence electrons. The highest BCUT2D eigenvalue weighted by Gasteiger charge is 2.45. The van der Waals surface area contributed by atoms with Crippen LogP contribution in [0.3, 0.4) is 0 Å². The average Bonchev–Trinajstić information content (AvgIpc) is 2.38. The van der Waals surface area contributed by atoms with Crippen LogP contribution < -0.4 is 10.6 Å². The summed E-state index contributed by atoms with van der Waals surface area (Å²) in [6, 6.07) is -6.47. The number of hydrogen-bond acceptors (Lipinski definition) is 3. The third-order valence-electron chi connectivity index (χ3n) is 4.10. The smallest absolute Gasteiger partial charge is 0.306 e. The highest BCUT2D eigenvalue weighted by atomic mass is 19.4. The van der Waals surface area contributed by atoms with Crippen molar-refractivity contribution < 1.29 is 39.5 Å². The Morgan fingerprint density at radius 2 is 1.12 bits per heavy atom. The summed E-state index contributed by atoms with van der Waals surface area (Å²) in [5.41, 5.74) is 0. The molecule has 3 atom stereocenters. The molecule has 1 saturated heterocycles. The van der Waals surface area contributed by atoms with Crippen LogP contribution in [0.25, 0.3) is 0 Å². The lowest BCUT2D eigenvalue weighted by molar-refractivity contribution is -0.187. The number of rotatable bonds is 0. The quantitative estimate of drug-likeness (QED) is 0.624. The number of nitrogens with zero attached hydrogens (tertiary/aromatic N) is 1. The van der Waals surface area contributed by atoms with E-state index >= 15 is 0 Å². The Labute approximate surface area is 138 Å². The van der Waals surface area contributed by atoms with E-state index in [1.807, 2.05) is 10.6 Å². The first-order valence-corrected chi connectivity index (χ1v) is 7.60. The van der Waals surface area contributed by atoms with E-state index in [9.17, 15) is 39.5 Å². The second kappa shape index (κ2) is 8.30. The maximum absolute atomic E-state index is 13.1. The van der Waals surface area contributed by atoms with Crippen molar-refractivity contribution in [2.24, 2.45) is 0 Å². The molecule has 2 N–H and O–H groups in total. The number of hydrogen-bond donors (Lipinski definition) is 2. The molecule has 0 radical (unpaired) electrons. The second-order valence-corrected chi connectivity index (χ2v) is 6.00. The van der Waals surface area contributed by atoms with Gasteiger partial charge in [-0.15, -0.1) is 0 Å². The molecule has 0 spiro atoms. The van der Waals surface area contributed by atoms with Gasteiger partial charge in [0.05, 0.1) is 0 Å². The molecule has 1 fully saturated rings. The highest BCUT2D eigenvalue weighted by Crippen LogP contribution is 2.29. The van der Waals surface area contributed by atoms with Gasteiger partial charge in [-0.1, -0.05) is 0 Å². The number of alkyl halides is 9. The molecule has 0 saturated carbocycles. The molecule has 0 aliphatic carbocycles. The lowest BCUT2D eigenvalue weighted by Gasteiger charge is -2.33. The number of halogens is 9. The van der Waals surface area contributed by atoms with E-state index in [2.05, 4.69) is 0 Å². The van der Waals surface area contributed by atoms with Crippen LogP contribution in [0.4, 0.5) is 39.5 Å². The predicted molar refractivity (Wildman–Crippen MR) is 72.0 cm³/mol. The van der Waals surface area contributed by atoms with Gasteiger partial charge in [0.2, 0.25) is 0 Å². The lowest BCUT2D eigenvalue weighted by atomic mass is 10.1. The number of nitrogens with one attached hydrogen (secondary N) is 2. The van der Waals surface area contributed by atoms with Crippen LogP contribution in [-0.2, 0) is 0 Å². The summed E-state index contributed by atoms with van der Waals surface area (Å²) in [4.78, 5) is 0.701. The fourth-order valence-electron chi connectivity index (χ4n) is 2.68. The molecule has 3 unspecified atom stereocenters. The summed E-state index contributed by atoms with van der Waals surface area (Å²) in [7, 11) is 1.01. The third-order valence-corrected chi connectivity index (χ3v) is 4.10. The standard InChI is InChI=1S/C13H20F9N3/c1-25-7-4-9(12(17,18)19)23-5-2-8(11(14,15)16)24-6-3-10(25)13(20,21)22/h8-10,23-24H,2-7H2,1H3. The Hall–Kier alpha value is -0.750. The van der Waals surface area contributed by atoms with Crippen LogP contribution in [0, 0.1) is 0 Å². The van der Waals surface area contributed by atoms with Crippen molar-refractivity contribution in [2.45, 2.75) is 55.9 Å². The fourth-order valence-corrected chi connectivity index (χ4v) is 2.68. The molecular formula is C13H20F9N3. The van der Waals surface area contributed by atoms with Crippen molar-refractivity contribution in [2.75, 3.05) is 26.7 Å². The average molecular weight is 389 g/mol. The molecular weight excluding hydrogens is 369 g/mol. The van der Waals surface area contributed by atoms with E-state index in [0.717, 1.165) is 7.05 Å². The van der Waals surface area contributed by atoms with Crippen LogP contribution in [0.1, 0.15) is 19.3 Å². The van der Waals surface area contributed by atoms with Crippen LogP contribution in [-0.4, -0.2) is 68.2 Å². The van der Waals surface area contributed by atoms with Crippen molar-refractivity contribution in [1.82, 2.24) is 15.5 Å². The summed E-state index contributed by atoms with van der Waals surface area (Å²) in [6.07, 6.45) is -16.4. The highest BCUT2D eigenvalue weighted by molar-refractivity contribution is 4.85. The molecule has 12 heteroatoms. The van der Waals surface area contributed by atoms with Gasteiger partial charge in [0.15, 0.2) is 0 Å². The molecule has 0 bridgehead atoms. The Morgan fingerprint density at radius 1 is 0.680 bits per heavy atom. The van der Waals surface area contributed by atoms with Crippen molar-refractivity contribution in [3.05, 3.63) is 0 Å². The van der Waals surface area contributed by atoms with E-state index in [1.54, 1.807) is 0 Å². The minimum absolute atomic E-state index is 0.496. The molecule has 1 heterocycles. The van der Waals surface area contributed by atoms with Crippen LogP contribution in [0.5, 0.6) is 0 Å². The third kappa shape index (κ3) is 7.18. The summed E-state index contributed by atoms with van der Waals surface area (Å²) in [5.74, 6) is 0. The van der Waals surface area contributed by atoms with Gasteiger partial charge < -0.3 is 10.6 Å². The summed E-state index contributed by atoms with van der Waals surface area (Å²) in [5, 5.41) is 3.96. The van der Waals surface area contributed by atoms with Crippen molar-refractivity contribution in [1.29, 1.82) is 0 Å². The molecule has 0 aromatic heterocycles. The van der Waals surface area contributed by atoms with Gasteiger partial charge in [-0.3, -0.25) is 4.90 Å². The maximum Gasteiger partial charge on any atom is 0.404 e. The van der Waals surface area contributed by atoms with Gasteiger partial charge in [-0.05, 0) is 39.4 Å². The molecule has 0 amide bonds. The Balaban J connectivity index is 2.97. The van der Waals surface area contributed by atoms with Gasteiger partial charge in [-0.2, -0.15) is 39.5 Å². The van der Waals surface area contributed by atoms with Gasteiger partial charge in [-0.25, -0.2) is 0 Å².